The van der Waals surface area contributed by atoms with Crippen LogP contribution in [0.15, 0.2) is 46.9 Å². The third kappa shape index (κ3) is 2.66. The first kappa shape index (κ1) is 9.91. The fourth-order valence-corrected chi connectivity index (χ4v) is 1.77. The topological polar surface area (TPSA) is 11.3 Å². The van der Waals surface area contributed by atoms with Crippen LogP contribution in [0.25, 0.3) is 0 Å². The minimum Gasteiger partial charge on any atom is -0.218 e. The quantitative estimate of drug-likeness (QED) is 0.670. The van der Waals surface area contributed by atoms with Gasteiger partial charge in [-0.05, 0) is 18.1 Å². The van der Waals surface area contributed by atoms with Crippen LogP contribution >= 0.6 is 0 Å². The summed E-state index contributed by atoms with van der Waals surface area (Å²) < 4.78 is 5.66. The molecule has 1 heterocycles. The number of hydrogen-bond acceptors (Lipinski definition) is 0. The van der Waals surface area contributed by atoms with Crippen molar-refractivity contribution in [3.05, 3.63) is 65.1 Å². The minimum atomic E-state index is 0.864. The molecule has 2 aromatic rings. The lowest BCUT2D eigenvalue weighted by Gasteiger charge is -1.95. The number of benzene rings is 1. The molecule has 0 radical (unpaired) electrons. The zero-order valence-electron chi connectivity index (χ0n) is 9.16. The normalized spacial score (nSPS) is 10.3. The van der Waals surface area contributed by atoms with Crippen molar-refractivity contribution in [1.82, 2.24) is 0 Å². The smallest absolute Gasteiger partial charge is 0.218 e. The largest absolute Gasteiger partial charge is 0.334 e. The maximum absolute atomic E-state index is 5.66. The van der Waals surface area contributed by atoms with Crippen molar-refractivity contribution >= 4 is 0 Å². The van der Waals surface area contributed by atoms with Gasteiger partial charge in [-0.1, -0.05) is 30.3 Å². The first-order valence-electron chi connectivity index (χ1n) is 5.18. The molecule has 2 rings (SSSR count). The van der Waals surface area contributed by atoms with Gasteiger partial charge in [0.05, 0.1) is 13.3 Å². The summed E-state index contributed by atoms with van der Waals surface area (Å²) in [5, 5.41) is 0. The lowest BCUT2D eigenvalue weighted by atomic mass is 10.1. The molecule has 1 aromatic heterocycles. The third-order valence-corrected chi connectivity index (χ3v) is 2.33. The molecule has 15 heavy (non-hydrogen) atoms. The molecule has 0 amide bonds. The molecule has 0 saturated carbocycles. The van der Waals surface area contributed by atoms with Crippen molar-refractivity contribution in [1.29, 1.82) is 0 Å². The van der Waals surface area contributed by atoms with Crippen LogP contribution in [0, 0.1) is 13.8 Å². The van der Waals surface area contributed by atoms with E-state index in [1.807, 2.05) is 13.0 Å². The van der Waals surface area contributed by atoms with Crippen molar-refractivity contribution in [2.24, 2.45) is 0 Å². The molecule has 0 aliphatic rings. The molecule has 0 saturated heterocycles. The Morgan fingerprint density at radius 3 is 2.40 bits per heavy atom. The number of aryl methyl sites for hydroxylation is 2. The second-order valence-corrected chi connectivity index (χ2v) is 3.87. The maximum atomic E-state index is 5.66. The van der Waals surface area contributed by atoms with Gasteiger partial charge in [0.2, 0.25) is 0 Å². The molecular weight excluding hydrogens is 184 g/mol. The minimum absolute atomic E-state index is 0.864. The predicted octanol–water partition coefficient (Wildman–Crippen LogP) is 3.77. The average Bonchev–Trinajstić information content (AvgIpc) is 2.17. The molecule has 0 bridgehead atoms. The van der Waals surface area contributed by atoms with Crippen LogP contribution in [-0.2, 0) is 6.42 Å². The van der Waals surface area contributed by atoms with E-state index in [9.17, 15) is 0 Å². The van der Waals surface area contributed by atoms with E-state index in [2.05, 4.69) is 43.3 Å². The fraction of sp³-hybridized carbons (Fsp3) is 0.214. The van der Waals surface area contributed by atoms with Crippen LogP contribution in [0.3, 0.4) is 0 Å². The van der Waals surface area contributed by atoms with Crippen LogP contribution < -0.4 is 0 Å². The molecule has 0 atom stereocenters. The summed E-state index contributed by atoms with van der Waals surface area (Å²) in [5.74, 6) is 2.00. The van der Waals surface area contributed by atoms with E-state index < -0.39 is 0 Å². The van der Waals surface area contributed by atoms with Gasteiger partial charge in [-0.25, -0.2) is 4.42 Å². The van der Waals surface area contributed by atoms with Crippen molar-refractivity contribution in [3.63, 3.8) is 0 Å². The standard InChI is InChI=1S/C14H15O/c1-11-8-12(2)15-14(9-11)10-13-6-4-3-5-7-13/h3-9H,10H2,1-2H3/q+1. The summed E-state index contributed by atoms with van der Waals surface area (Å²) >= 11 is 0. The first-order chi connectivity index (χ1) is 7.24. The highest BCUT2D eigenvalue weighted by molar-refractivity contribution is 5.23. The summed E-state index contributed by atoms with van der Waals surface area (Å²) in [6.07, 6.45) is 0.864. The van der Waals surface area contributed by atoms with Gasteiger partial charge in [-0.3, -0.25) is 0 Å². The van der Waals surface area contributed by atoms with E-state index in [1.54, 1.807) is 0 Å². The lowest BCUT2D eigenvalue weighted by molar-refractivity contribution is 0.473. The third-order valence-electron chi connectivity index (χ3n) is 2.33. The number of rotatable bonds is 2. The summed E-state index contributed by atoms with van der Waals surface area (Å²) in [5.41, 5.74) is 2.54. The second kappa shape index (κ2) is 4.26. The van der Waals surface area contributed by atoms with Crippen molar-refractivity contribution in [3.8, 4) is 0 Å². The highest BCUT2D eigenvalue weighted by atomic mass is 16.3. The highest BCUT2D eigenvalue weighted by Crippen LogP contribution is 2.13. The first-order valence-corrected chi connectivity index (χ1v) is 5.18. The zero-order chi connectivity index (χ0) is 10.7. The van der Waals surface area contributed by atoms with Crippen molar-refractivity contribution < 1.29 is 4.42 Å². The Kier molecular flexibility index (Phi) is 2.82. The van der Waals surface area contributed by atoms with Gasteiger partial charge >= 0.3 is 11.5 Å². The van der Waals surface area contributed by atoms with E-state index in [-0.39, 0.29) is 0 Å². The molecule has 1 nitrogen and oxygen atoms in total. The van der Waals surface area contributed by atoms with Gasteiger partial charge in [0.15, 0.2) is 0 Å². The molecular formula is C14H15O+. The zero-order valence-corrected chi connectivity index (χ0v) is 9.16. The van der Waals surface area contributed by atoms with Gasteiger partial charge < -0.3 is 0 Å². The molecule has 1 heteroatoms. The van der Waals surface area contributed by atoms with E-state index in [0.717, 1.165) is 17.9 Å². The summed E-state index contributed by atoms with van der Waals surface area (Å²) in [6, 6.07) is 14.5. The summed E-state index contributed by atoms with van der Waals surface area (Å²) in [4.78, 5) is 0. The molecule has 0 unspecified atom stereocenters. The lowest BCUT2D eigenvalue weighted by Crippen LogP contribution is -1.89. The Balaban J connectivity index is 2.25. The van der Waals surface area contributed by atoms with Crippen LogP contribution in [0.1, 0.15) is 22.6 Å². The van der Waals surface area contributed by atoms with Crippen LogP contribution in [-0.4, -0.2) is 0 Å². The summed E-state index contributed by atoms with van der Waals surface area (Å²) in [7, 11) is 0. The van der Waals surface area contributed by atoms with E-state index >= 15 is 0 Å². The monoisotopic (exact) mass is 199 g/mol. The van der Waals surface area contributed by atoms with Gasteiger partial charge in [0.1, 0.15) is 0 Å². The Bertz CT molecular complexity index is 426. The average molecular weight is 199 g/mol. The second-order valence-electron chi connectivity index (χ2n) is 3.87. The SMILES string of the molecule is Cc1cc(C)[o+]c(Cc2ccccc2)c1. The Morgan fingerprint density at radius 2 is 1.73 bits per heavy atom. The molecule has 1 aromatic carbocycles. The van der Waals surface area contributed by atoms with Crippen LogP contribution in [0.4, 0.5) is 0 Å². The van der Waals surface area contributed by atoms with E-state index in [4.69, 9.17) is 4.42 Å². The Morgan fingerprint density at radius 1 is 1.00 bits per heavy atom. The Labute approximate surface area is 90.4 Å². The van der Waals surface area contributed by atoms with Crippen molar-refractivity contribution in [2.45, 2.75) is 20.3 Å². The highest BCUT2D eigenvalue weighted by Gasteiger charge is 2.11. The molecule has 0 N–H and O–H groups in total. The molecule has 0 aliphatic heterocycles. The predicted molar refractivity (Wildman–Crippen MR) is 61.8 cm³/mol. The van der Waals surface area contributed by atoms with Gasteiger partial charge in [-0.15, -0.1) is 0 Å². The van der Waals surface area contributed by atoms with Crippen LogP contribution in [0.2, 0.25) is 0 Å². The molecule has 0 aliphatic carbocycles. The number of hydrogen-bond donors (Lipinski definition) is 0. The van der Waals surface area contributed by atoms with E-state index in [0.29, 0.717) is 0 Å². The van der Waals surface area contributed by atoms with Gasteiger partial charge in [0, 0.05) is 12.1 Å². The van der Waals surface area contributed by atoms with Gasteiger partial charge in [0.25, 0.3) is 0 Å². The molecule has 0 fully saturated rings. The van der Waals surface area contributed by atoms with Gasteiger partial charge in [-0.2, -0.15) is 0 Å². The fourth-order valence-electron chi connectivity index (χ4n) is 1.77. The molecule has 76 valence electrons. The van der Waals surface area contributed by atoms with Crippen LogP contribution in [0.5, 0.6) is 0 Å². The maximum Gasteiger partial charge on any atom is 0.334 e. The van der Waals surface area contributed by atoms with Crippen molar-refractivity contribution in [2.75, 3.05) is 0 Å². The summed E-state index contributed by atoms with van der Waals surface area (Å²) in [6.45, 7) is 4.08. The Hall–Kier alpha value is -1.63. The molecule has 0 spiro atoms. The van der Waals surface area contributed by atoms with E-state index in [1.165, 1.54) is 11.1 Å².